The van der Waals surface area contributed by atoms with E-state index >= 15 is 0 Å². The Hall–Kier alpha value is -3.67. The average Bonchev–Trinajstić information content (AvgIpc) is 3.12. The standard InChI is InChI=1S/C23H22N4O2/c1-15-6-4-7-18(10-15)14-26-22(28)21(25-23(26)29)12-19-11-16(2)27(17(19)3)20-8-5-9-24-13-20/h4-13H,14H2,1-3H3,(H,25,29)/b21-12+. The van der Waals surface area contributed by atoms with Crippen LogP contribution in [0.25, 0.3) is 11.8 Å². The van der Waals surface area contributed by atoms with Gasteiger partial charge in [-0.05, 0) is 56.2 Å². The molecule has 0 bridgehead atoms. The lowest BCUT2D eigenvalue weighted by atomic mass is 10.1. The Labute approximate surface area is 169 Å². The molecule has 0 atom stereocenters. The number of carbonyl (C=O) groups is 2. The number of imide groups is 1. The summed E-state index contributed by atoms with van der Waals surface area (Å²) >= 11 is 0. The van der Waals surface area contributed by atoms with E-state index in [0.717, 1.165) is 33.8 Å². The Morgan fingerprint density at radius 3 is 2.62 bits per heavy atom. The van der Waals surface area contributed by atoms with Gasteiger partial charge in [0.05, 0.1) is 18.4 Å². The molecule has 3 heterocycles. The van der Waals surface area contributed by atoms with Crippen molar-refractivity contribution in [3.63, 3.8) is 0 Å². The summed E-state index contributed by atoms with van der Waals surface area (Å²) < 4.78 is 2.07. The molecule has 6 heteroatoms. The lowest BCUT2D eigenvalue weighted by Gasteiger charge is -2.12. The summed E-state index contributed by atoms with van der Waals surface area (Å²) in [5, 5.41) is 2.71. The Balaban J connectivity index is 1.63. The van der Waals surface area contributed by atoms with Crippen LogP contribution in [0.3, 0.4) is 0 Å². The summed E-state index contributed by atoms with van der Waals surface area (Å²) in [6.07, 6.45) is 5.27. The van der Waals surface area contributed by atoms with Gasteiger partial charge in [-0.3, -0.25) is 14.7 Å². The summed E-state index contributed by atoms with van der Waals surface area (Å²) in [4.78, 5) is 30.6. The molecule has 1 aliphatic heterocycles. The van der Waals surface area contributed by atoms with Crippen molar-refractivity contribution >= 4 is 18.0 Å². The zero-order valence-electron chi connectivity index (χ0n) is 16.6. The molecule has 4 rings (SSSR count). The molecule has 146 valence electrons. The molecule has 1 aromatic carbocycles. The molecule has 0 spiro atoms. The van der Waals surface area contributed by atoms with E-state index in [-0.39, 0.29) is 18.1 Å². The third-order valence-corrected chi connectivity index (χ3v) is 5.06. The number of nitrogens with zero attached hydrogens (tertiary/aromatic N) is 3. The number of hydrogen-bond acceptors (Lipinski definition) is 3. The van der Waals surface area contributed by atoms with Gasteiger partial charge in [-0.1, -0.05) is 29.8 Å². The fraction of sp³-hybridized carbons (Fsp3) is 0.174. The van der Waals surface area contributed by atoms with E-state index in [1.165, 1.54) is 4.90 Å². The van der Waals surface area contributed by atoms with Crippen LogP contribution in [0.5, 0.6) is 0 Å². The van der Waals surface area contributed by atoms with Gasteiger partial charge < -0.3 is 9.88 Å². The lowest BCUT2D eigenvalue weighted by Crippen LogP contribution is -2.30. The molecule has 3 amide bonds. The maximum Gasteiger partial charge on any atom is 0.329 e. The van der Waals surface area contributed by atoms with E-state index in [1.54, 1.807) is 18.5 Å². The van der Waals surface area contributed by atoms with Crippen molar-refractivity contribution in [2.75, 3.05) is 0 Å². The van der Waals surface area contributed by atoms with Crippen LogP contribution in [0, 0.1) is 20.8 Å². The molecule has 1 fully saturated rings. The van der Waals surface area contributed by atoms with Gasteiger partial charge in [0.25, 0.3) is 5.91 Å². The van der Waals surface area contributed by atoms with Gasteiger partial charge in [0.15, 0.2) is 0 Å². The van der Waals surface area contributed by atoms with Crippen molar-refractivity contribution < 1.29 is 9.59 Å². The number of carbonyl (C=O) groups excluding carboxylic acids is 2. The quantitative estimate of drug-likeness (QED) is 0.546. The smallest absolute Gasteiger partial charge is 0.316 e. The number of rotatable bonds is 4. The van der Waals surface area contributed by atoms with Gasteiger partial charge in [-0.15, -0.1) is 0 Å². The van der Waals surface area contributed by atoms with Crippen LogP contribution < -0.4 is 5.32 Å². The lowest BCUT2D eigenvalue weighted by molar-refractivity contribution is -0.123. The average molecular weight is 386 g/mol. The van der Waals surface area contributed by atoms with E-state index in [0.29, 0.717) is 0 Å². The minimum Gasteiger partial charge on any atom is -0.316 e. The third kappa shape index (κ3) is 3.57. The van der Waals surface area contributed by atoms with Crippen molar-refractivity contribution in [3.05, 3.63) is 88.6 Å². The fourth-order valence-electron chi connectivity index (χ4n) is 3.68. The fourth-order valence-corrected chi connectivity index (χ4v) is 3.68. The molecular formula is C23H22N4O2. The molecule has 2 aromatic heterocycles. The van der Waals surface area contributed by atoms with Gasteiger partial charge >= 0.3 is 6.03 Å². The Morgan fingerprint density at radius 2 is 1.90 bits per heavy atom. The number of pyridine rings is 1. The topological polar surface area (TPSA) is 67.2 Å². The zero-order valence-corrected chi connectivity index (χ0v) is 16.6. The van der Waals surface area contributed by atoms with Crippen LogP contribution in [-0.4, -0.2) is 26.4 Å². The highest BCUT2D eigenvalue weighted by atomic mass is 16.2. The van der Waals surface area contributed by atoms with Crippen LogP contribution in [0.4, 0.5) is 4.79 Å². The number of aryl methyl sites for hydroxylation is 2. The highest BCUT2D eigenvalue weighted by Crippen LogP contribution is 2.24. The molecule has 1 N–H and O–H groups in total. The predicted octanol–water partition coefficient (Wildman–Crippen LogP) is 3.89. The van der Waals surface area contributed by atoms with Crippen molar-refractivity contribution in [3.8, 4) is 5.69 Å². The SMILES string of the molecule is Cc1cccc(CN2C(=O)N/C(=C/c3cc(C)n(-c4cccnc4)c3C)C2=O)c1. The molecule has 0 aliphatic carbocycles. The van der Waals surface area contributed by atoms with E-state index in [9.17, 15) is 9.59 Å². The molecule has 6 nitrogen and oxygen atoms in total. The van der Waals surface area contributed by atoms with Crippen LogP contribution in [0.15, 0.2) is 60.6 Å². The highest BCUT2D eigenvalue weighted by Gasteiger charge is 2.33. The predicted molar refractivity (Wildman–Crippen MR) is 111 cm³/mol. The molecule has 0 saturated carbocycles. The number of amides is 3. The van der Waals surface area contributed by atoms with Crippen molar-refractivity contribution in [2.45, 2.75) is 27.3 Å². The molecule has 1 saturated heterocycles. The minimum atomic E-state index is -0.399. The van der Waals surface area contributed by atoms with Gasteiger partial charge in [0.1, 0.15) is 5.70 Å². The minimum absolute atomic E-state index is 0.248. The Morgan fingerprint density at radius 1 is 1.07 bits per heavy atom. The number of hydrogen-bond donors (Lipinski definition) is 1. The number of urea groups is 1. The van der Waals surface area contributed by atoms with Crippen LogP contribution in [0.1, 0.15) is 28.1 Å². The van der Waals surface area contributed by atoms with Crippen molar-refractivity contribution in [1.29, 1.82) is 0 Å². The monoisotopic (exact) mass is 386 g/mol. The summed E-state index contributed by atoms with van der Waals surface area (Å²) in [6, 6.07) is 13.3. The van der Waals surface area contributed by atoms with E-state index < -0.39 is 6.03 Å². The van der Waals surface area contributed by atoms with Crippen LogP contribution in [-0.2, 0) is 11.3 Å². The van der Waals surface area contributed by atoms with Gasteiger partial charge in [0.2, 0.25) is 0 Å². The molecule has 29 heavy (non-hydrogen) atoms. The summed E-state index contributed by atoms with van der Waals surface area (Å²) in [6.45, 7) is 6.22. The number of benzene rings is 1. The molecule has 0 radical (unpaired) electrons. The van der Waals surface area contributed by atoms with Crippen molar-refractivity contribution in [2.24, 2.45) is 0 Å². The second-order valence-electron chi connectivity index (χ2n) is 7.24. The van der Waals surface area contributed by atoms with E-state index in [4.69, 9.17) is 0 Å². The second-order valence-corrected chi connectivity index (χ2v) is 7.24. The number of aromatic nitrogens is 2. The zero-order chi connectivity index (χ0) is 20.5. The van der Waals surface area contributed by atoms with Gasteiger partial charge in [-0.2, -0.15) is 0 Å². The summed E-state index contributed by atoms with van der Waals surface area (Å²) in [5.74, 6) is -0.317. The molecular weight excluding hydrogens is 364 g/mol. The van der Waals surface area contributed by atoms with Gasteiger partial charge in [-0.25, -0.2) is 4.79 Å². The number of nitrogens with one attached hydrogen (secondary N) is 1. The van der Waals surface area contributed by atoms with Crippen molar-refractivity contribution in [1.82, 2.24) is 19.8 Å². The Kier molecular flexibility index (Phi) is 4.76. The first-order valence-corrected chi connectivity index (χ1v) is 9.43. The maximum absolute atomic E-state index is 12.8. The summed E-state index contributed by atoms with van der Waals surface area (Å²) in [7, 11) is 0. The Bertz CT molecular complexity index is 1130. The normalized spacial score (nSPS) is 15.3. The molecule has 3 aromatic rings. The van der Waals surface area contributed by atoms with Gasteiger partial charge in [0, 0.05) is 17.6 Å². The van der Waals surface area contributed by atoms with Crippen LogP contribution in [0.2, 0.25) is 0 Å². The third-order valence-electron chi connectivity index (χ3n) is 5.06. The first-order chi connectivity index (χ1) is 13.9. The van der Waals surface area contributed by atoms with E-state index in [1.807, 2.05) is 63.2 Å². The van der Waals surface area contributed by atoms with E-state index in [2.05, 4.69) is 14.9 Å². The molecule has 1 aliphatic rings. The largest absolute Gasteiger partial charge is 0.329 e. The first-order valence-electron chi connectivity index (χ1n) is 9.43. The first kappa shape index (κ1) is 18.7. The summed E-state index contributed by atoms with van der Waals surface area (Å²) in [5.41, 5.74) is 6.13. The van der Waals surface area contributed by atoms with Crippen LogP contribution >= 0.6 is 0 Å². The molecule has 0 unspecified atom stereocenters. The second kappa shape index (κ2) is 7.39. The maximum atomic E-state index is 12.8. The highest BCUT2D eigenvalue weighted by molar-refractivity contribution is 6.14.